The Morgan fingerprint density at radius 1 is 1.44 bits per heavy atom. The van der Waals surface area contributed by atoms with Crippen molar-refractivity contribution in [3.05, 3.63) is 32.0 Å². The molecule has 2 aromatic heterocycles. The van der Waals surface area contributed by atoms with E-state index in [4.69, 9.17) is 11.6 Å². The van der Waals surface area contributed by atoms with E-state index in [0.717, 1.165) is 27.6 Å². The van der Waals surface area contributed by atoms with E-state index in [9.17, 15) is 0 Å². The number of thiophene rings is 1. The first-order valence-corrected chi connectivity index (χ1v) is 7.36. The van der Waals surface area contributed by atoms with Gasteiger partial charge in [-0.15, -0.1) is 11.3 Å². The molecule has 2 N–H and O–H groups in total. The lowest BCUT2D eigenvalue weighted by Gasteiger charge is -2.08. The predicted molar refractivity (Wildman–Crippen MR) is 80.8 cm³/mol. The van der Waals surface area contributed by atoms with Crippen molar-refractivity contribution in [2.24, 2.45) is 0 Å². The molecule has 7 heteroatoms. The summed E-state index contributed by atoms with van der Waals surface area (Å²) in [6.45, 7) is 0.801. The van der Waals surface area contributed by atoms with Gasteiger partial charge in [-0.3, -0.25) is 0 Å². The van der Waals surface area contributed by atoms with E-state index in [2.05, 4.69) is 36.5 Å². The summed E-state index contributed by atoms with van der Waals surface area (Å²) in [5.41, 5.74) is 0. The molecule has 0 saturated heterocycles. The molecule has 0 amide bonds. The van der Waals surface area contributed by atoms with Gasteiger partial charge in [0.2, 0.25) is 5.95 Å². The van der Waals surface area contributed by atoms with E-state index in [-0.39, 0.29) is 0 Å². The smallest absolute Gasteiger partial charge is 0.224 e. The van der Waals surface area contributed by atoms with Crippen LogP contribution < -0.4 is 10.6 Å². The zero-order valence-electron chi connectivity index (χ0n) is 9.70. The zero-order chi connectivity index (χ0) is 13.0. The fraction of sp³-hybridized carbons (Fsp3) is 0.273. The summed E-state index contributed by atoms with van der Waals surface area (Å²) in [6, 6.07) is 3.96. The molecule has 0 radical (unpaired) electrons. The van der Waals surface area contributed by atoms with Crippen LogP contribution in [0, 0.1) is 0 Å². The fourth-order valence-corrected chi connectivity index (χ4v) is 2.82. The Morgan fingerprint density at radius 3 is 2.94 bits per heavy atom. The Labute approximate surface area is 123 Å². The highest BCUT2D eigenvalue weighted by atomic mass is 79.9. The van der Waals surface area contributed by atoms with E-state index >= 15 is 0 Å². The maximum Gasteiger partial charge on any atom is 0.224 e. The lowest BCUT2D eigenvalue weighted by Crippen LogP contribution is -2.08. The summed E-state index contributed by atoms with van der Waals surface area (Å²) in [5, 5.41) is 6.18. The molecule has 0 aliphatic rings. The molecule has 2 aromatic rings. The minimum Gasteiger partial charge on any atom is -0.369 e. The number of halogens is 2. The molecular weight excluding hydrogens is 336 g/mol. The minimum atomic E-state index is 0.597. The largest absolute Gasteiger partial charge is 0.369 e. The average Bonchev–Trinajstić information content (AvgIpc) is 2.77. The third-order valence-electron chi connectivity index (χ3n) is 2.26. The minimum absolute atomic E-state index is 0.597. The number of hydrogen-bond donors (Lipinski definition) is 2. The molecule has 18 heavy (non-hydrogen) atoms. The van der Waals surface area contributed by atoms with Crippen molar-refractivity contribution in [1.82, 2.24) is 9.97 Å². The van der Waals surface area contributed by atoms with E-state index in [1.165, 1.54) is 4.88 Å². The fourth-order valence-electron chi connectivity index (χ4n) is 1.40. The Bertz CT molecular complexity index is 532. The molecule has 0 aliphatic carbocycles. The number of nitrogens with zero attached hydrogens (tertiary/aromatic N) is 2. The van der Waals surface area contributed by atoms with Gasteiger partial charge in [-0.05, 0) is 34.5 Å². The van der Waals surface area contributed by atoms with Gasteiger partial charge < -0.3 is 10.6 Å². The standard InChI is InChI=1S/C11H12BrClN4S/c1-14-11-16-6-8(12)10(17-11)15-5-4-7-2-3-9(13)18-7/h2-3,6H,4-5H2,1H3,(H2,14,15,16,17). The van der Waals surface area contributed by atoms with Crippen molar-refractivity contribution in [3.8, 4) is 0 Å². The van der Waals surface area contributed by atoms with Gasteiger partial charge in [0, 0.05) is 24.7 Å². The third kappa shape index (κ3) is 3.57. The molecule has 0 saturated carbocycles. The summed E-state index contributed by atoms with van der Waals surface area (Å²) in [5.74, 6) is 1.39. The number of anilines is 2. The van der Waals surface area contributed by atoms with Gasteiger partial charge in [-0.25, -0.2) is 4.98 Å². The van der Waals surface area contributed by atoms with Crippen LogP contribution in [-0.4, -0.2) is 23.6 Å². The molecule has 2 rings (SSSR count). The summed E-state index contributed by atoms with van der Waals surface area (Å²) >= 11 is 10.9. The monoisotopic (exact) mass is 346 g/mol. The molecule has 0 atom stereocenters. The number of hydrogen-bond acceptors (Lipinski definition) is 5. The van der Waals surface area contributed by atoms with Crippen molar-refractivity contribution < 1.29 is 0 Å². The van der Waals surface area contributed by atoms with Crippen LogP contribution >= 0.6 is 38.9 Å². The Kier molecular flexibility index (Phi) is 4.79. The van der Waals surface area contributed by atoms with E-state index in [1.54, 1.807) is 24.6 Å². The third-order valence-corrected chi connectivity index (χ3v) is 4.13. The maximum atomic E-state index is 5.88. The Balaban J connectivity index is 1.93. The summed E-state index contributed by atoms with van der Waals surface area (Å²) in [7, 11) is 1.79. The van der Waals surface area contributed by atoms with Crippen LogP contribution in [0.15, 0.2) is 22.8 Å². The van der Waals surface area contributed by atoms with Crippen LogP contribution in [0.1, 0.15) is 4.88 Å². The average molecular weight is 348 g/mol. The van der Waals surface area contributed by atoms with Gasteiger partial charge in [0.25, 0.3) is 0 Å². The highest BCUT2D eigenvalue weighted by Crippen LogP contribution is 2.23. The molecule has 0 aliphatic heterocycles. The second-order valence-corrected chi connectivity index (χ2v) is 6.18. The van der Waals surface area contributed by atoms with Gasteiger partial charge in [0.1, 0.15) is 5.82 Å². The Hall–Kier alpha value is -0.850. The van der Waals surface area contributed by atoms with Gasteiger partial charge >= 0.3 is 0 Å². The van der Waals surface area contributed by atoms with Gasteiger partial charge in [-0.1, -0.05) is 11.6 Å². The van der Waals surface area contributed by atoms with Crippen molar-refractivity contribution in [3.63, 3.8) is 0 Å². The van der Waals surface area contributed by atoms with Gasteiger partial charge in [0.15, 0.2) is 0 Å². The topological polar surface area (TPSA) is 49.8 Å². The van der Waals surface area contributed by atoms with Gasteiger partial charge in [0.05, 0.1) is 8.81 Å². The molecule has 4 nitrogen and oxygen atoms in total. The predicted octanol–water partition coefficient (Wildman–Crippen LogP) is 3.65. The molecule has 0 aromatic carbocycles. The first-order valence-electron chi connectivity index (χ1n) is 5.37. The molecule has 0 fully saturated rings. The quantitative estimate of drug-likeness (QED) is 0.867. The molecular formula is C11H12BrClN4S. The second kappa shape index (κ2) is 6.36. The van der Waals surface area contributed by atoms with E-state index in [0.29, 0.717) is 5.95 Å². The van der Waals surface area contributed by atoms with Crippen LogP contribution in [0.3, 0.4) is 0 Å². The van der Waals surface area contributed by atoms with Crippen molar-refractivity contribution in [1.29, 1.82) is 0 Å². The lowest BCUT2D eigenvalue weighted by atomic mass is 10.3. The van der Waals surface area contributed by atoms with Crippen molar-refractivity contribution in [2.75, 3.05) is 24.2 Å². The van der Waals surface area contributed by atoms with Crippen molar-refractivity contribution in [2.45, 2.75) is 6.42 Å². The first kappa shape index (κ1) is 13.6. The second-order valence-electron chi connectivity index (χ2n) is 3.52. The molecule has 2 heterocycles. The summed E-state index contributed by atoms with van der Waals surface area (Å²) in [4.78, 5) is 9.68. The Morgan fingerprint density at radius 2 is 2.28 bits per heavy atom. The lowest BCUT2D eigenvalue weighted by molar-refractivity contribution is 1.01. The molecule has 0 spiro atoms. The van der Waals surface area contributed by atoms with Gasteiger partial charge in [-0.2, -0.15) is 4.98 Å². The van der Waals surface area contributed by atoms with Crippen LogP contribution in [0.4, 0.5) is 11.8 Å². The van der Waals surface area contributed by atoms with Crippen LogP contribution in [0.2, 0.25) is 4.34 Å². The molecule has 96 valence electrons. The number of aromatic nitrogens is 2. The summed E-state index contributed by atoms with van der Waals surface area (Å²) in [6.07, 6.45) is 2.64. The normalized spacial score (nSPS) is 10.4. The van der Waals surface area contributed by atoms with Crippen LogP contribution in [0.25, 0.3) is 0 Å². The molecule has 0 unspecified atom stereocenters. The SMILES string of the molecule is CNc1ncc(Br)c(NCCc2ccc(Cl)s2)n1. The number of nitrogens with one attached hydrogen (secondary N) is 2. The summed E-state index contributed by atoms with van der Waals surface area (Å²) < 4.78 is 1.68. The van der Waals surface area contributed by atoms with Crippen LogP contribution in [-0.2, 0) is 6.42 Å². The highest BCUT2D eigenvalue weighted by Gasteiger charge is 2.04. The van der Waals surface area contributed by atoms with Crippen LogP contribution in [0.5, 0.6) is 0 Å². The van der Waals surface area contributed by atoms with E-state index < -0.39 is 0 Å². The molecule has 0 bridgehead atoms. The number of rotatable bonds is 5. The van der Waals surface area contributed by atoms with Crippen molar-refractivity contribution >= 4 is 50.6 Å². The zero-order valence-corrected chi connectivity index (χ0v) is 12.9. The van der Waals surface area contributed by atoms with E-state index in [1.807, 2.05) is 12.1 Å². The first-order chi connectivity index (χ1) is 8.69. The maximum absolute atomic E-state index is 5.88. The highest BCUT2D eigenvalue weighted by molar-refractivity contribution is 9.10.